The summed E-state index contributed by atoms with van der Waals surface area (Å²) in [5, 5.41) is 15.7. The Labute approximate surface area is 201 Å². The largest absolute Gasteiger partial charge is 0.858 e. The summed E-state index contributed by atoms with van der Waals surface area (Å²) >= 11 is 10.9. The third-order valence-corrected chi connectivity index (χ3v) is 7.11. The fraction of sp³-hybridized carbons (Fsp3) is 0. The Bertz CT molecular complexity index is 1510. The number of pyridine rings is 1. The van der Waals surface area contributed by atoms with Crippen LogP contribution in [0.4, 0.5) is 5.00 Å². The number of benzene rings is 3. The molecule has 0 N–H and O–H groups in total. The predicted octanol–water partition coefficient (Wildman–Crippen LogP) is 5.73. The van der Waals surface area contributed by atoms with E-state index in [1.54, 1.807) is 48.5 Å². The van der Waals surface area contributed by atoms with Gasteiger partial charge in [0.25, 0.3) is 16.3 Å². The van der Waals surface area contributed by atoms with E-state index in [1.807, 2.05) is 40.9 Å². The molecule has 4 nitrogen and oxygen atoms in total. The molecular weight excluding hydrogens is 508 g/mol. The van der Waals surface area contributed by atoms with E-state index >= 15 is 0 Å². The molecule has 0 aliphatic rings. The molecular formula is C25H14BrClN2O2S. The van der Waals surface area contributed by atoms with Crippen molar-refractivity contribution in [2.75, 3.05) is 0 Å². The average Bonchev–Trinajstić information content (AvgIpc) is 3.18. The number of thiazole rings is 1. The van der Waals surface area contributed by atoms with Crippen LogP contribution in [0.3, 0.4) is 0 Å². The van der Waals surface area contributed by atoms with E-state index in [0.29, 0.717) is 26.8 Å². The van der Waals surface area contributed by atoms with Crippen LogP contribution in [0.2, 0.25) is 5.02 Å². The van der Waals surface area contributed by atoms with Crippen LogP contribution in [0.15, 0.2) is 94.5 Å². The summed E-state index contributed by atoms with van der Waals surface area (Å²) < 4.78 is 2.77. The fourth-order valence-corrected chi connectivity index (χ4v) is 5.28. The van der Waals surface area contributed by atoms with Gasteiger partial charge < -0.3 is 5.11 Å². The minimum atomic E-state index is -0.395. The van der Waals surface area contributed by atoms with Gasteiger partial charge in [0.05, 0.1) is 5.39 Å². The zero-order chi connectivity index (χ0) is 22.2. The number of fused-ring (bicyclic) bond motifs is 3. The quantitative estimate of drug-likeness (QED) is 0.131. The molecule has 2 heterocycles. The number of ketones is 1. The highest BCUT2D eigenvalue weighted by molar-refractivity contribution is 9.10. The number of carbonyl (C=O) groups is 1. The number of carbonyl (C=O) groups excluding carboxylic acids is 1. The molecule has 0 radical (unpaired) electrons. The number of hydrogen-bond donors (Lipinski definition) is 0. The van der Waals surface area contributed by atoms with Gasteiger partial charge in [-0.25, -0.2) is 4.99 Å². The number of hydrogen-bond acceptors (Lipinski definition) is 4. The van der Waals surface area contributed by atoms with E-state index in [1.165, 1.54) is 11.3 Å². The Balaban J connectivity index is 1.78. The highest BCUT2D eigenvalue weighted by Crippen LogP contribution is 2.35. The summed E-state index contributed by atoms with van der Waals surface area (Å²) in [6, 6.07) is 23.4. The van der Waals surface area contributed by atoms with Crippen molar-refractivity contribution in [3.05, 3.63) is 111 Å². The molecule has 0 atom stereocenters. The summed E-state index contributed by atoms with van der Waals surface area (Å²) in [7, 11) is 0. The van der Waals surface area contributed by atoms with Crippen molar-refractivity contribution in [1.82, 2.24) is 0 Å². The standard InChI is InChI=1S/C25H14BrClN2O2S/c26-20-8-4-7-19-18(20)13-14-29-21(22(30)15-9-11-17(27)12-10-15)24(32-25(19)29)28-23(31)16-5-2-1-3-6-16/h1-14H. The highest BCUT2D eigenvalue weighted by atomic mass is 79.9. The smallest absolute Gasteiger partial charge is 0.296 e. The lowest BCUT2D eigenvalue weighted by molar-refractivity contribution is -0.508. The number of halogens is 2. The molecule has 0 amide bonds. The van der Waals surface area contributed by atoms with Crippen molar-refractivity contribution in [3.63, 3.8) is 0 Å². The molecule has 7 heteroatoms. The number of aromatic nitrogens is 1. The molecule has 0 aliphatic heterocycles. The first-order chi connectivity index (χ1) is 15.5. The summed E-state index contributed by atoms with van der Waals surface area (Å²) in [6.07, 6.45) is 1.84. The van der Waals surface area contributed by atoms with Crippen molar-refractivity contribution in [3.8, 4) is 0 Å². The molecule has 5 aromatic rings. The molecule has 0 aliphatic carbocycles. The Morgan fingerprint density at radius 2 is 1.66 bits per heavy atom. The highest BCUT2D eigenvalue weighted by Gasteiger charge is 2.30. The van der Waals surface area contributed by atoms with Crippen molar-refractivity contribution in [2.45, 2.75) is 0 Å². The first-order valence-corrected chi connectivity index (χ1v) is 11.7. The molecule has 0 saturated heterocycles. The number of rotatable bonds is 4. The Hall–Kier alpha value is -3.06. The van der Waals surface area contributed by atoms with E-state index < -0.39 is 5.90 Å². The van der Waals surface area contributed by atoms with Gasteiger partial charge in [-0.1, -0.05) is 63.9 Å². The van der Waals surface area contributed by atoms with E-state index in [-0.39, 0.29) is 5.78 Å². The van der Waals surface area contributed by atoms with Crippen LogP contribution in [0.5, 0.6) is 0 Å². The molecule has 0 fully saturated rings. The predicted molar refractivity (Wildman–Crippen MR) is 130 cm³/mol. The normalized spacial score (nSPS) is 11.9. The van der Waals surface area contributed by atoms with Gasteiger partial charge in [-0.05, 0) is 59.2 Å². The van der Waals surface area contributed by atoms with Gasteiger partial charge in [0.1, 0.15) is 0 Å². The molecule has 0 saturated carbocycles. The average molecular weight is 522 g/mol. The number of nitrogens with zero attached hydrogens (tertiary/aromatic N) is 2. The second kappa shape index (κ2) is 8.47. The summed E-state index contributed by atoms with van der Waals surface area (Å²) in [4.78, 5) is 18.7. The van der Waals surface area contributed by atoms with Gasteiger partial charge in [0.15, 0.2) is 11.2 Å². The first kappa shape index (κ1) is 20.8. The lowest BCUT2D eigenvalue weighted by Gasteiger charge is -2.09. The maximum atomic E-state index is 13.5. The van der Waals surface area contributed by atoms with Crippen LogP contribution in [-0.2, 0) is 0 Å². The van der Waals surface area contributed by atoms with Gasteiger partial charge in [0, 0.05) is 26.5 Å². The van der Waals surface area contributed by atoms with Crippen molar-refractivity contribution in [1.29, 1.82) is 0 Å². The second-order valence-corrected chi connectivity index (χ2v) is 9.34. The molecule has 2 aromatic heterocycles. The Morgan fingerprint density at radius 3 is 2.41 bits per heavy atom. The summed E-state index contributed by atoms with van der Waals surface area (Å²) in [5.74, 6) is -0.625. The lowest BCUT2D eigenvalue weighted by atomic mass is 10.1. The molecule has 3 aromatic carbocycles. The number of aliphatic imine (C=N–C) groups is 1. The zero-order valence-corrected chi connectivity index (χ0v) is 19.6. The van der Waals surface area contributed by atoms with Crippen LogP contribution < -0.4 is 9.51 Å². The van der Waals surface area contributed by atoms with Crippen LogP contribution in [0, 0.1) is 0 Å². The van der Waals surface area contributed by atoms with Crippen molar-refractivity contribution >= 4 is 71.2 Å². The van der Waals surface area contributed by atoms with E-state index in [4.69, 9.17) is 11.6 Å². The van der Waals surface area contributed by atoms with Crippen LogP contribution in [0.1, 0.15) is 21.6 Å². The SMILES string of the molecule is O=C(c1ccc(Cl)cc1)c1c(/N=C(\[O-])c2ccccc2)sc2c3cccc(Br)c3cc[n+]12. The molecule has 0 unspecified atom stereocenters. The van der Waals surface area contributed by atoms with Crippen LogP contribution in [-0.4, -0.2) is 11.7 Å². The van der Waals surface area contributed by atoms with Crippen molar-refractivity contribution in [2.24, 2.45) is 4.99 Å². The fourth-order valence-electron chi connectivity index (χ4n) is 3.52. The topological polar surface area (TPSA) is 56.6 Å². The van der Waals surface area contributed by atoms with Gasteiger partial charge in [-0.15, -0.1) is 4.40 Å². The molecule has 5 rings (SSSR count). The molecule has 156 valence electrons. The minimum Gasteiger partial charge on any atom is -0.858 e. The zero-order valence-electron chi connectivity index (χ0n) is 16.5. The third-order valence-electron chi connectivity index (χ3n) is 5.07. The minimum absolute atomic E-state index is 0.230. The van der Waals surface area contributed by atoms with E-state index in [9.17, 15) is 9.90 Å². The Morgan fingerprint density at radius 1 is 0.906 bits per heavy atom. The van der Waals surface area contributed by atoms with Crippen LogP contribution in [0.25, 0.3) is 15.6 Å². The van der Waals surface area contributed by atoms with Crippen molar-refractivity contribution < 1.29 is 14.3 Å². The first-order valence-electron chi connectivity index (χ1n) is 9.70. The van der Waals surface area contributed by atoms with E-state index in [0.717, 1.165) is 20.1 Å². The molecule has 0 bridgehead atoms. The molecule has 32 heavy (non-hydrogen) atoms. The maximum absolute atomic E-state index is 13.5. The lowest BCUT2D eigenvalue weighted by Crippen LogP contribution is -2.28. The summed E-state index contributed by atoms with van der Waals surface area (Å²) in [6.45, 7) is 0. The van der Waals surface area contributed by atoms with E-state index in [2.05, 4.69) is 20.9 Å². The van der Waals surface area contributed by atoms with Crippen LogP contribution >= 0.6 is 38.9 Å². The monoisotopic (exact) mass is 520 g/mol. The molecule has 0 spiro atoms. The van der Waals surface area contributed by atoms with Gasteiger partial charge in [-0.3, -0.25) is 4.79 Å². The van der Waals surface area contributed by atoms with Gasteiger partial charge >= 0.3 is 0 Å². The van der Waals surface area contributed by atoms with Gasteiger partial charge in [-0.2, -0.15) is 0 Å². The third kappa shape index (κ3) is 3.71. The van der Waals surface area contributed by atoms with Gasteiger partial charge in [0.2, 0.25) is 0 Å². The summed E-state index contributed by atoms with van der Waals surface area (Å²) in [5.41, 5.74) is 1.28. The maximum Gasteiger partial charge on any atom is 0.296 e. The Kier molecular flexibility index (Phi) is 5.51. The second-order valence-electron chi connectivity index (χ2n) is 7.07.